The van der Waals surface area contributed by atoms with Crippen LogP contribution in [0.15, 0.2) is 24.4 Å². The quantitative estimate of drug-likeness (QED) is 0.767. The molecule has 0 aromatic carbocycles. The molecule has 1 aromatic heterocycles. The number of amides is 2. The zero-order valence-corrected chi connectivity index (χ0v) is 10.8. The van der Waals surface area contributed by atoms with Crippen molar-refractivity contribution in [2.45, 2.75) is 26.7 Å². The molecule has 2 amide bonds. The number of carbonyl (C=O) groups excluding carboxylic acids is 2. The van der Waals surface area contributed by atoms with Crippen LogP contribution in [0.4, 0.5) is 0 Å². The van der Waals surface area contributed by atoms with Gasteiger partial charge in [-0.15, -0.1) is 0 Å². The Balaban J connectivity index is 2.06. The fraction of sp³-hybridized carbons (Fsp3) is 0.500. The van der Waals surface area contributed by atoms with Crippen LogP contribution in [0.5, 0.6) is 0 Å². The van der Waals surface area contributed by atoms with E-state index in [-0.39, 0.29) is 11.8 Å². The first kappa shape index (κ1) is 12.7. The predicted molar refractivity (Wildman–Crippen MR) is 67.8 cm³/mol. The number of pyridine rings is 1. The molecule has 2 heterocycles. The topological polar surface area (TPSA) is 50.3 Å². The molecule has 0 aliphatic carbocycles. The van der Waals surface area contributed by atoms with Gasteiger partial charge in [-0.3, -0.25) is 19.5 Å². The SMILES string of the molecule is CC(C)CC1CC(=O)N(C(=O)c2ccccn2)C1. The van der Waals surface area contributed by atoms with Crippen LogP contribution in [0.1, 0.15) is 37.2 Å². The second-order valence-electron chi connectivity index (χ2n) is 5.22. The molecule has 18 heavy (non-hydrogen) atoms. The van der Waals surface area contributed by atoms with Crippen LogP contribution >= 0.6 is 0 Å². The standard InChI is InChI=1S/C14H18N2O2/c1-10(2)7-11-8-13(17)16(9-11)14(18)12-5-3-4-6-15-12/h3-6,10-11H,7-9H2,1-2H3. The van der Waals surface area contributed by atoms with Gasteiger partial charge in [0.25, 0.3) is 5.91 Å². The van der Waals surface area contributed by atoms with Gasteiger partial charge in [0, 0.05) is 19.2 Å². The van der Waals surface area contributed by atoms with E-state index in [1.54, 1.807) is 24.4 Å². The van der Waals surface area contributed by atoms with Gasteiger partial charge in [0.15, 0.2) is 0 Å². The highest BCUT2D eigenvalue weighted by Gasteiger charge is 2.34. The zero-order chi connectivity index (χ0) is 13.1. The lowest BCUT2D eigenvalue weighted by Crippen LogP contribution is -2.33. The molecule has 0 bridgehead atoms. The summed E-state index contributed by atoms with van der Waals surface area (Å²) >= 11 is 0. The van der Waals surface area contributed by atoms with E-state index in [4.69, 9.17) is 0 Å². The number of carbonyl (C=O) groups is 2. The summed E-state index contributed by atoms with van der Waals surface area (Å²) in [6, 6.07) is 5.15. The number of hydrogen-bond donors (Lipinski definition) is 0. The maximum atomic E-state index is 12.1. The van der Waals surface area contributed by atoms with E-state index in [1.807, 2.05) is 0 Å². The van der Waals surface area contributed by atoms with Gasteiger partial charge < -0.3 is 0 Å². The average molecular weight is 246 g/mol. The van der Waals surface area contributed by atoms with Crippen LogP contribution in [0.25, 0.3) is 0 Å². The van der Waals surface area contributed by atoms with Crippen molar-refractivity contribution in [2.24, 2.45) is 11.8 Å². The number of likely N-dealkylation sites (tertiary alicyclic amines) is 1. The van der Waals surface area contributed by atoms with Gasteiger partial charge in [-0.1, -0.05) is 19.9 Å². The maximum absolute atomic E-state index is 12.1. The zero-order valence-electron chi connectivity index (χ0n) is 10.8. The van der Waals surface area contributed by atoms with Crippen LogP contribution in [0.2, 0.25) is 0 Å². The third-order valence-electron chi connectivity index (χ3n) is 3.14. The highest BCUT2D eigenvalue weighted by molar-refractivity contribution is 6.04. The largest absolute Gasteiger partial charge is 0.279 e. The molecule has 0 saturated carbocycles. The third kappa shape index (κ3) is 2.75. The van der Waals surface area contributed by atoms with Crippen molar-refractivity contribution < 1.29 is 9.59 Å². The van der Waals surface area contributed by atoms with E-state index in [9.17, 15) is 9.59 Å². The summed E-state index contributed by atoms with van der Waals surface area (Å²) in [5, 5.41) is 0. The smallest absolute Gasteiger partial charge is 0.277 e. The van der Waals surface area contributed by atoms with Crippen LogP contribution < -0.4 is 0 Å². The third-order valence-corrected chi connectivity index (χ3v) is 3.14. The van der Waals surface area contributed by atoms with Gasteiger partial charge in [0.1, 0.15) is 5.69 Å². The summed E-state index contributed by atoms with van der Waals surface area (Å²) in [4.78, 5) is 29.3. The highest BCUT2D eigenvalue weighted by Crippen LogP contribution is 2.25. The molecule has 2 rings (SSSR count). The molecule has 1 unspecified atom stereocenters. The Bertz CT molecular complexity index is 442. The van der Waals surface area contributed by atoms with Crippen LogP contribution in [0.3, 0.4) is 0 Å². The Morgan fingerprint density at radius 3 is 2.89 bits per heavy atom. The molecule has 96 valence electrons. The summed E-state index contributed by atoms with van der Waals surface area (Å²) in [6.07, 6.45) is 3.04. The number of aromatic nitrogens is 1. The monoisotopic (exact) mass is 246 g/mol. The first-order chi connectivity index (χ1) is 8.58. The van der Waals surface area contributed by atoms with E-state index in [2.05, 4.69) is 18.8 Å². The second kappa shape index (κ2) is 5.29. The summed E-state index contributed by atoms with van der Waals surface area (Å²) < 4.78 is 0. The van der Waals surface area contributed by atoms with E-state index in [1.165, 1.54) is 4.90 Å². The molecule has 1 saturated heterocycles. The molecule has 1 fully saturated rings. The van der Waals surface area contributed by atoms with E-state index in [0.29, 0.717) is 30.5 Å². The molecule has 0 radical (unpaired) electrons. The van der Waals surface area contributed by atoms with Gasteiger partial charge in [-0.05, 0) is 30.4 Å². The Morgan fingerprint density at radius 2 is 2.28 bits per heavy atom. The number of nitrogens with zero attached hydrogens (tertiary/aromatic N) is 2. The van der Waals surface area contributed by atoms with Crippen LogP contribution in [-0.2, 0) is 4.79 Å². The number of imide groups is 1. The molecule has 1 aliphatic heterocycles. The maximum Gasteiger partial charge on any atom is 0.279 e. The lowest BCUT2D eigenvalue weighted by atomic mass is 9.96. The minimum Gasteiger partial charge on any atom is -0.277 e. The van der Waals surface area contributed by atoms with Gasteiger partial charge >= 0.3 is 0 Å². The van der Waals surface area contributed by atoms with Crippen molar-refractivity contribution in [3.05, 3.63) is 30.1 Å². The first-order valence-corrected chi connectivity index (χ1v) is 6.33. The van der Waals surface area contributed by atoms with Crippen molar-refractivity contribution >= 4 is 11.8 Å². The normalized spacial score (nSPS) is 19.6. The molecule has 1 aromatic rings. The average Bonchev–Trinajstić information content (AvgIpc) is 2.69. The summed E-state index contributed by atoms with van der Waals surface area (Å²) in [6.45, 7) is 4.80. The summed E-state index contributed by atoms with van der Waals surface area (Å²) in [5.41, 5.74) is 0.344. The highest BCUT2D eigenvalue weighted by atomic mass is 16.2. The molecule has 0 N–H and O–H groups in total. The van der Waals surface area contributed by atoms with Gasteiger partial charge in [0.05, 0.1) is 0 Å². The van der Waals surface area contributed by atoms with Crippen molar-refractivity contribution in [2.75, 3.05) is 6.54 Å². The van der Waals surface area contributed by atoms with Crippen molar-refractivity contribution in [3.8, 4) is 0 Å². The van der Waals surface area contributed by atoms with E-state index < -0.39 is 0 Å². The molecule has 4 nitrogen and oxygen atoms in total. The second-order valence-corrected chi connectivity index (χ2v) is 5.22. The minimum absolute atomic E-state index is 0.0729. The Hall–Kier alpha value is -1.71. The molecule has 1 atom stereocenters. The number of hydrogen-bond acceptors (Lipinski definition) is 3. The summed E-state index contributed by atoms with van der Waals surface area (Å²) in [5.74, 6) is 0.501. The lowest BCUT2D eigenvalue weighted by Gasteiger charge is -2.15. The molecule has 0 spiro atoms. The molecule has 1 aliphatic rings. The Kier molecular flexibility index (Phi) is 3.75. The summed E-state index contributed by atoms with van der Waals surface area (Å²) in [7, 11) is 0. The van der Waals surface area contributed by atoms with Gasteiger partial charge in [-0.2, -0.15) is 0 Å². The minimum atomic E-state index is -0.271. The first-order valence-electron chi connectivity index (χ1n) is 6.33. The molecular formula is C14H18N2O2. The van der Waals surface area contributed by atoms with Gasteiger partial charge in [0.2, 0.25) is 5.91 Å². The van der Waals surface area contributed by atoms with Crippen molar-refractivity contribution in [1.82, 2.24) is 9.88 Å². The van der Waals surface area contributed by atoms with E-state index >= 15 is 0 Å². The number of rotatable bonds is 3. The lowest BCUT2D eigenvalue weighted by molar-refractivity contribution is -0.125. The fourth-order valence-electron chi connectivity index (χ4n) is 2.43. The fourth-order valence-corrected chi connectivity index (χ4v) is 2.43. The Labute approximate surface area is 107 Å². The molecular weight excluding hydrogens is 228 g/mol. The van der Waals surface area contributed by atoms with Crippen LogP contribution in [0, 0.1) is 11.8 Å². The predicted octanol–water partition coefficient (Wildman–Crippen LogP) is 2.12. The van der Waals surface area contributed by atoms with Crippen molar-refractivity contribution in [1.29, 1.82) is 0 Å². The van der Waals surface area contributed by atoms with Gasteiger partial charge in [-0.25, -0.2) is 0 Å². The molecule has 4 heteroatoms. The van der Waals surface area contributed by atoms with Crippen LogP contribution in [-0.4, -0.2) is 28.2 Å². The van der Waals surface area contributed by atoms with Crippen molar-refractivity contribution in [3.63, 3.8) is 0 Å². The van der Waals surface area contributed by atoms with E-state index in [0.717, 1.165) is 6.42 Å². The Morgan fingerprint density at radius 1 is 1.50 bits per heavy atom.